The van der Waals surface area contributed by atoms with Crippen LogP contribution >= 0.6 is 0 Å². The van der Waals surface area contributed by atoms with Crippen molar-refractivity contribution in [2.24, 2.45) is 0 Å². The third-order valence-corrected chi connectivity index (χ3v) is 9.12. The second-order valence-electron chi connectivity index (χ2n) is 7.60. The van der Waals surface area contributed by atoms with E-state index in [1.54, 1.807) is 0 Å². The molecule has 0 aromatic heterocycles. The maximum Gasteiger partial charge on any atom is 0.192 e. The molecule has 1 aromatic carbocycles. The van der Waals surface area contributed by atoms with Crippen LogP contribution in [0, 0.1) is 0 Å². The van der Waals surface area contributed by atoms with E-state index in [1.165, 1.54) is 0 Å². The lowest BCUT2D eigenvalue weighted by molar-refractivity contribution is -0.126. The predicted octanol–water partition coefficient (Wildman–Crippen LogP) is 4.96. The van der Waals surface area contributed by atoms with Gasteiger partial charge in [0, 0.05) is 0 Å². The average molecular weight is 337 g/mol. The first-order valence-corrected chi connectivity index (χ1v) is 11.4. The Kier molecular flexibility index (Phi) is 7.65. The summed E-state index contributed by atoms with van der Waals surface area (Å²) in [5.74, 6) is 0. The van der Waals surface area contributed by atoms with Gasteiger partial charge in [-0.1, -0.05) is 64.4 Å². The molecule has 0 N–H and O–H groups in total. The van der Waals surface area contributed by atoms with Gasteiger partial charge in [-0.15, -0.1) is 0 Å². The number of ether oxygens (including phenoxy) is 1. The second-order valence-corrected chi connectivity index (χ2v) is 12.4. The zero-order valence-corrected chi connectivity index (χ0v) is 16.5. The summed E-state index contributed by atoms with van der Waals surface area (Å²) in [6.45, 7) is 13.6. The second kappa shape index (κ2) is 8.76. The Bertz CT molecular complexity index is 465. The van der Waals surface area contributed by atoms with E-state index in [0.29, 0.717) is 6.61 Å². The fourth-order valence-electron chi connectivity index (χ4n) is 2.13. The Hall–Kier alpha value is -0.973. The molecule has 0 heterocycles. The summed E-state index contributed by atoms with van der Waals surface area (Å²) < 4.78 is 12.3. The normalized spacial score (nSPS) is 15.2. The minimum Gasteiger partial charge on any atom is -0.411 e. The van der Waals surface area contributed by atoms with Gasteiger partial charge in [-0.2, -0.15) is 0 Å². The number of aldehydes is 1. The molecule has 0 aliphatic carbocycles. The lowest BCUT2D eigenvalue weighted by Crippen LogP contribution is -2.48. The molecule has 0 aliphatic rings. The van der Waals surface area contributed by atoms with Crippen molar-refractivity contribution in [3.63, 3.8) is 0 Å². The predicted molar refractivity (Wildman–Crippen MR) is 98.1 cm³/mol. The van der Waals surface area contributed by atoms with Crippen molar-refractivity contribution in [2.45, 2.75) is 77.5 Å². The van der Waals surface area contributed by atoms with Gasteiger partial charge in [0.15, 0.2) is 14.6 Å². The van der Waals surface area contributed by atoms with Crippen molar-refractivity contribution in [2.75, 3.05) is 0 Å². The van der Waals surface area contributed by atoms with E-state index >= 15 is 0 Å². The molecule has 1 rings (SSSR count). The summed E-state index contributed by atoms with van der Waals surface area (Å²) in [6.07, 6.45) is 2.03. The zero-order chi connectivity index (χ0) is 17.5. The molecule has 0 radical (unpaired) electrons. The SMILES string of the molecule is CCC[C@@H](O[Si](C)(C)C(C)(C)C)[C@H](C=O)OCc1ccccc1. The maximum atomic E-state index is 11.6. The van der Waals surface area contributed by atoms with Gasteiger partial charge in [-0.25, -0.2) is 0 Å². The third-order valence-electron chi connectivity index (χ3n) is 4.61. The number of hydrogen-bond acceptors (Lipinski definition) is 3. The fourth-order valence-corrected chi connectivity index (χ4v) is 3.49. The lowest BCUT2D eigenvalue weighted by atomic mass is 10.1. The van der Waals surface area contributed by atoms with E-state index in [-0.39, 0.29) is 11.1 Å². The summed E-state index contributed by atoms with van der Waals surface area (Å²) in [5.41, 5.74) is 1.07. The number of rotatable bonds is 9. The molecular formula is C19H32O3Si. The Morgan fingerprint density at radius 1 is 1.17 bits per heavy atom. The highest BCUT2D eigenvalue weighted by atomic mass is 28.4. The van der Waals surface area contributed by atoms with Crippen LogP contribution in [0.25, 0.3) is 0 Å². The minimum absolute atomic E-state index is 0.117. The molecule has 0 amide bonds. The Morgan fingerprint density at radius 3 is 2.26 bits per heavy atom. The van der Waals surface area contributed by atoms with Gasteiger partial charge in [0.1, 0.15) is 6.10 Å². The van der Waals surface area contributed by atoms with Crippen molar-refractivity contribution >= 4 is 14.6 Å². The molecule has 2 atom stereocenters. The monoisotopic (exact) mass is 336 g/mol. The highest BCUT2D eigenvalue weighted by Gasteiger charge is 2.40. The Morgan fingerprint density at radius 2 is 1.78 bits per heavy atom. The number of benzene rings is 1. The van der Waals surface area contributed by atoms with Crippen molar-refractivity contribution in [3.05, 3.63) is 35.9 Å². The maximum absolute atomic E-state index is 11.6. The van der Waals surface area contributed by atoms with E-state index in [9.17, 15) is 4.79 Å². The first-order chi connectivity index (χ1) is 10.7. The average Bonchev–Trinajstić information content (AvgIpc) is 2.47. The standard InChI is InChI=1S/C19H32O3Si/c1-7-11-17(22-23(5,6)19(2,3)4)18(14-20)21-15-16-12-9-8-10-13-16/h8-10,12-14,17-18H,7,11,15H2,1-6H3/t17-,18+/m1/s1. The molecule has 0 bridgehead atoms. The van der Waals surface area contributed by atoms with Crippen LogP contribution in [0.3, 0.4) is 0 Å². The van der Waals surface area contributed by atoms with Gasteiger partial charge < -0.3 is 14.0 Å². The summed E-state index contributed by atoms with van der Waals surface area (Å²) in [6, 6.07) is 9.94. The van der Waals surface area contributed by atoms with Gasteiger partial charge >= 0.3 is 0 Å². The quantitative estimate of drug-likeness (QED) is 0.472. The van der Waals surface area contributed by atoms with Gasteiger partial charge in [0.2, 0.25) is 0 Å². The van der Waals surface area contributed by atoms with E-state index in [4.69, 9.17) is 9.16 Å². The molecule has 4 heteroatoms. The molecule has 0 aliphatic heterocycles. The van der Waals surface area contributed by atoms with Crippen molar-refractivity contribution in [1.82, 2.24) is 0 Å². The molecular weight excluding hydrogens is 304 g/mol. The number of carbonyl (C=O) groups is 1. The molecule has 23 heavy (non-hydrogen) atoms. The van der Waals surface area contributed by atoms with Gasteiger partial charge in [0.25, 0.3) is 0 Å². The molecule has 0 spiro atoms. The van der Waals surface area contributed by atoms with Crippen molar-refractivity contribution in [1.29, 1.82) is 0 Å². The van der Waals surface area contributed by atoms with Crippen LogP contribution in [0.4, 0.5) is 0 Å². The smallest absolute Gasteiger partial charge is 0.192 e. The summed E-state index contributed by atoms with van der Waals surface area (Å²) in [4.78, 5) is 11.6. The minimum atomic E-state index is -1.93. The molecule has 3 nitrogen and oxygen atoms in total. The lowest BCUT2D eigenvalue weighted by Gasteiger charge is -2.40. The first kappa shape index (κ1) is 20.1. The topological polar surface area (TPSA) is 35.5 Å². The van der Waals surface area contributed by atoms with E-state index in [1.807, 2.05) is 30.3 Å². The van der Waals surface area contributed by atoms with E-state index in [0.717, 1.165) is 24.7 Å². The van der Waals surface area contributed by atoms with Crippen LogP contribution in [0.15, 0.2) is 30.3 Å². The highest BCUT2D eigenvalue weighted by molar-refractivity contribution is 6.74. The van der Waals surface area contributed by atoms with E-state index < -0.39 is 14.4 Å². The van der Waals surface area contributed by atoms with Crippen LogP contribution in [-0.4, -0.2) is 26.8 Å². The van der Waals surface area contributed by atoms with Crippen LogP contribution in [-0.2, 0) is 20.6 Å². The highest BCUT2D eigenvalue weighted by Crippen LogP contribution is 2.38. The Labute approximate surface area is 142 Å². The van der Waals surface area contributed by atoms with Crippen LogP contribution in [0.5, 0.6) is 0 Å². The van der Waals surface area contributed by atoms with Crippen LogP contribution in [0.1, 0.15) is 46.1 Å². The summed E-state index contributed by atoms with van der Waals surface area (Å²) in [5, 5.41) is 0.117. The summed E-state index contributed by atoms with van der Waals surface area (Å²) >= 11 is 0. The largest absolute Gasteiger partial charge is 0.411 e. The van der Waals surface area contributed by atoms with Gasteiger partial charge in [-0.3, -0.25) is 0 Å². The number of hydrogen-bond donors (Lipinski definition) is 0. The van der Waals surface area contributed by atoms with Crippen molar-refractivity contribution in [3.8, 4) is 0 Å². The molecule has 0 unspecified atom stereocenters. The van der Waals surface area contributed by atoms with Gasteiger partial charge in [0.05, 0.1) is 12.7 Å². The molecule has 0 fully saturated rings. The van der Waals surface area contributed by atoms with Gasteiger partial charge in [-0.05, 0) is 30.1 Å². The molecule has 0 saturated carbocycles. The van der Waals surface area contributed by atoms with Crippen molar-refractivity contribution < 1.29 is 14.0 Å². The molecule has 1 aromatic rings. The van der Waals surface area contributed by atoms with E-state index in [2.05, 4.69) is 40.8 Å². The Balaban J connectivity index is 2.77. The zero-order valence-electron chi connectivity index (χ0n) is 15.5. The first-order valence-electron chi connectivity index (χ1n) is 8.50. The summed E-state index contributed by atoms with van der Waals surface area (Å²) in [7, 11) is -1.93. The van der Waals surface area contributed by atoms with Crippen LogP contribution in [0.2, 0.25) is 18.1 Å². The molecule has 0 saturated heterocycles. The molecule has 130 valence electrons. The third kappa shape index (κ3) is 6.20. The number of carbonyl (C=O) groups excluding carboxylic acids is 1. The fraction of sp³-hybridized carbons (Fsp3) is 0.632. The van der Waals surface area contributed by atoms with Crippen LogP contribution < -0.4 is 0 Å².